The SMILES string of the molecule is CCOC(=O)/C=C/c1cccc2nc3n(c12)CCCN3c1ccc(Cl)cc1Cl. The van der Waals surface area contributed by atoms with Crippen LogP contribution in [0.3, 0.4) is 0 Å². The highest BCUT2D eigenvalue weighted by Gasteiger charge is 2.25. The highest BCUT2D eigenvalue weighted by molar-refractivity contribution is 6.36. The van der Waals surface area contributed by atoms with Crippen molar-refractivity contribution in [3.8, 4) is 0 Å². The van der Waals surface area contributed by atoms with E-state index < -0.39 is 0 Å². The zero-order valence-corrected chi connectivity index (χ0v) is 16.9. The number of carbonyl (C=O) groups is 1. The molecule has 0 spiro atoms. The molecule has 1 aliphatic rings. The van der Waals surface area contributed by atoms with Gasteiger partial charge in [0.25, 0.3) is 0 Å². The van der Waals surface area contributed by atoms with Crippen molar-refractivity contribution in [2.45, 2.75) is 19.9 Å². The molecule has 144 valence electrons. The predicted octanol–water partition coefficient (Wildman–Crippen LogP) is 5.46. The number of nitrogens with zero attached hydrogens (tertiary/aromatic N) is 3. The van der Waals surface area contributed by atoms with Gasteiger partial charge in [-0.15, -0.1) is 0 Å². The molecule has 0 bridgehead atoms. The molecule has 3 aromatic rings. The second-order valence-electron chi connectivity index (χ2n) is 6.46. The number of imidazole rings is 1. The average Bonchev–Trinajstić information content (AvgIpc) is 3.06. The minimum Gasteiger partial charge on any atom is -0.463 e. The largest absolute Gasteiger partial charge is 0.463 e. The molecule has 7 heteroatoms. The number of anilines is 2. The van der Waals surface area contributed by atoms with Crippen molar-refractivity contribution in [3.63, 3.8) is 0 Å². The number of ether oxygens (including phenoxy) is 1. The first kappa shape index (κ1) is 18.8. The van der Waals surface area contributed by atoms with Gasteiger partial charge < -0.3 is 14.2 Å². The van der Waals surface area contributed by atoms with E-state index in [1.54, 1.807) is 19.1 Å². The van der Waals surface area contributed by atoms with Gasteiger partial charge in [0.15, 0.2) is 0 Å². The average molecular weight is 416 g/mol. The fourth-order valence-corrected chi connectivity index (χ4v) is 4.03. The van der Waals surface area contributed by atoms with E-state index in [0.29, 0.717) is 16.7 Å². The topological polar surface area (TPSA) is 47.4 Å². The molecular weight excluding hydrogens is 397 g/mol. The molecule has 0 aliphatic carbocycles. The second kappa shape index (κ2) is 7.86. The van der Waals surface area contributed by atoms with E-state index in [-0.39, 0.29) is 5.97 Å². The first-order valence-corrected chi connectivity index (χ1v) is 9.90. The summed E-state index contributed by atoms with van der Waals surface area (Å²) >= 11 is 12.5. The lowest BCUT2D eigenvalue weighted by molar-refractivity contribution is -0.137. The van der Waals surface area contributed by atoms with E-state index in [9.17, 15) is 4.79 Å². The lowest BCUT2D eigenvalue weighted by atomic mass is 10.1. The van der Waals surface area contributed by atoms with Gasteiger partial charge in [-0.3, -0.25) is 0 Å². The zero-order chi connectivity index (χ0) is 19.7. The Labute approximate surface area is 173 Å². The van der Waals surface area contributed by atoms with Crippen LogP contribution in [0.1, 0.15) is 18.9 Å². The van der Waals surface area contributed by atoms with Gasteiger partial charge in [0.2, 0.25) is 5.95 Å². The molecular formula is C21H19Cl2N3O2. The molecule has 0 unspecified atom stereocenters. The summed E-state index contributed by atoms with van der Waals surface area (Å²) in [6, 6.07) is 11.4. The van der Waals surface area contributed by atoms with Gasteiger partial charge in [-0.25, -0.2) is 9.78 Å². The molecule has 0 radical (unpaired) electrons. The first-order valence-electron chi connectivity index (χ1n) is 9.15. The Kier molecular flexibility index (Phi) is 5.29. The lowest BCUT2D eigenvalue weighted by Crippen LogP contribution is -2.28. The van der Waals surface area contributed by atoms with E-state index in [0.717, 1.165) is 47.7 Å². The van der Waals surface area contributed by atoms with Gasteiger partial charge in [0, 0.05) is 29.8 Å². The summed E-state index contributed by atoms with van der Waals surface area (Å²) in [5.74, 6) is 0.481. The third-order valence-corrected chi connectivity index (χ3v) is 5.21. The number of carbonyl (C=O) groups excluding carboxylic acids is 1. The number of aryl methyl sites for hydroxylation is 1. The standard InChI is InChI=1S/C21H19Cl2N3O2/c1-2-28-19(27)10-7-14-5-3-6-17-20(14)26-12-4-11-25(21(26)24-17)18-9-8-15(22)13-16(18)23/h3,5-10,13H,2,4,11-12H2,1H3/b10-7+. The maximum Gasteiger partial charge on any atom is 0.330 e. The minimum absolute atomic E-state index is 0.353. The quantitative estimate of drug-likeness (QED) is 0.419. The van der Waals surface area contributed by atoms with Crippen molar-refractivity contribution in [3.05, 3.63) is 58.1 Å². The monoisotopic (exact) mass is 415 g/mol. The van der Waals surface area contributed by atoms with E-state index >= 15 is 0 Å². The van der Waals surface area contributed by atoms with Gasteiger partial charge in [-0.2, -0.15) is 0 Å². The molecule has 2 aromatic carbocycles. The molecule has 0 saturated heterocycles. The van der Waals surface area contributed by atoms with Crippen molar-refractivity contribution >= 4 is 57.9 Å². The molecule has 1 aliphatic heterocycles. The third kappa shape index (κ3) is 3.48. The number of hydrogen-bond donors (Lipinski definition) is 0. The molecule has 5 nitrogen and oxygen atoms in total. The summed E-state index contributed by atoms with van der Waals surface area (Å²) < 4.78 is 7.16. The van der Waals surface area contributed by atoms with Gasteiger partial charge in [-0.05, 0) is 43.7 Å². The summed E-state index contributed by atoms with van der Waals surface area (Å²) in [6.45, 7) is 3.80. The molecule has 4 rings (SSSR count). The lowest BCUT2D eigenvalue weighted by Gasteiger charge is -2.30. The number of para-hydroxylation sites is 1. The normalized spacial score (nSPS) is 13.9. The Morgan fingerprint density at radius 3 is 2.89 bits per heavy atom. The van der Waals surface area contributed by atoms with Crippen LogP contribution in [0.15, 0.2) is 42.5 Å². The Bertz CT molecular complexity index is 1070. The fourth-order valence-electron chi connectivity index (χ4n) is 3.52. The Morgan fingerprint density at radius 1 is 1.25 bits per heavy atom. The summed E-state index contributed by atoms with van der Waals surface area (Å²) in [7, 11) is 0. The number of rotatable bonds is 4. The number of fused-ring (bicyclic) bond motifs is 3. The Hall–Kier alpha value is -2.50. The molecule has 0 N–H and O–H groups in total. The molecule has 0 amide bonds. The molecule has 28 heavy (non-hydrogen) atoms. The van der Waals surface area contributed by atoms with Gasteiger partial charge in [0.05, 0.1) is 28.4 Å². The predicted molar refractivity (Wildman–Crippen MR) is 113 cm³/mol. The third-order valence-electron chi connectivity index (χ3n) is 4.67. The van der Waals surface area contributed by atoms with E-state index in [2.05, 4.69) is 9.47 Å². The minimum atomic E-state index is -0.354. The number of halogens is 2. The fraction of sp³-hybridized carbons (Fsp3) is 0.238. The maximum absolute atomic E-state index is 11.7. The first-order chi connectivity index (χ1) is 13.6. The highest BCUT2D eigenvalue weighted by atomic mass is 35.5. The van der Waals surface area contributed by atoms with Gasteiger partial charge in [-0.1, -0.05) is 35.3 Å². The summed E-state index contributed by atoms with van der Waals surface area (Å²) in [5, 5.41) is 1.20. The maximum atomic E-state index is 11.7. The molecule has 1 aromatic heterocycles. The van der Waals surface area contributed by atoms with Crippen LogP contribution in [0.5, 0.6) is 0 Å². The van der Waals surface area contributed by atoms with Crippen LogP contribution in [0.4, 0.5) is 11.6 Å². The van der Waals surface area contributed by atoms with Crippen LogP contribution in [-0.2, 0) is 16.1 Å². The van der Waals surface area contributed by atoms with Crippen molar-refractivity contribution < 1.29 is 9.53 Å². The molecule has 2 heterocycles. The van der Waals surface area contributed by atoms with Gasteiger partial charge in [0.1, 0.15) is 0 Å². The van der Waals surface area contributed by atoms with E-state index in [4.69, 9.17) is 32.9 Å². The molecule has 0 atom stereocenters. The van der Waals surface area contributed by atoms with Crippen LogP contribution < -0.4 is 4.90 Å². The molecule has 0 saturated carbocycles. The van der Waals surface area contributed by atoms with Crippen LogP contribution in [0.2, 0.25) is 10.0 Å². The number of hydrogen-bond acceptors (Lipinski definition) is 4. The van der Waals surface area contributed by atoms with E-state index in [1.165, 1.54) is 6.08 Å². The van der Waals surface area contributed by atoms with Gasteiger partial charge >= 0.3 is 5.97 Å². The summed E-state index contributed by atoms with van der Waals surface area (Å²) in [4.78, 5) is 18.7. The number of benzene rings is 2. The Balaban J connectivity index is 1.80. The Morgan fingerprint density at radius 2 is 2.11 bits per heavy atom. The van der Waals surface area contributed by atoms with Crippen LogP contribution in [-0.4, -0.2) is 28.7 Å². The second-order valence-corrected chi connectivity index (χ2v) is 7.31. The van der Waals surface area contributed by atoms with Crippen molar-refractivity contribution in [1.29, 1.82) is 0 Å². The van der Waals surface area contributed by atoms with Crippen molar-refractivity contribution in [1.82, 2.24) is 9.55 Å². The van der Waals surface area contributed by atoms with Crippen molar-refractivity contribution in [2.24, 2.45) is 0 Å². The van der Waals surface area contributed by atoms with Crippen LogP contribution in [0, 0.1) is 0 Å². The number of aromatic nitrogens is 2. The molecule has 0 fully saturated rings. The highest BCUT2D eigenvalue weighted by Crippen LogP contribution is 2.38. The number of esters is 1. The van der Waals surface area contributed by atoms with E-state index in [1.807, 2.05) is 30.3 Å². The van der Waals surface area contributed by atoms with Crippen LogP contribution in [0.25, 0.3) is 17.1 Å². The zero-order valence-electron chi connectivity index (χ0n) is 15.4. The van der Waals surface area contributed by atoms with Crippen LogP contribution >= 0.6 is 23.2 Å². The van der Waals surface area contributed by atoms with Crippen molar-refractivity contribution in [2.75, 3.05) is 18.1 Å². The summed E-state index contributed by atoms with van der Waals surface area (Å²) in [6.07, 6.45) is 4.19. The smallest absolute Gasteiger partial charge is 0.330 e. The summed E-state index contributed by atoms with van der Waals surface area (Å²) in [5.41, 5.74) is 3.67.